The Morgan fingerprint density at radius 3 is 2.50 bits per heavy atom. The number of hydrogen-bond donors (Lipinski definition) is 2. The minimum atomic E-state index is -0.0168. The van der Waals surface area contributed by atoms with Gasteiger partial charge in [0.15, 0.2) is 10.9 Å². The molecule has 1 aliphatic carbocycles. The van der Waals surface area contributed by atoms with Gasteiger partial charge in [0, 0.05) is 34.8 Å². The number of aryl methyl sites for hydroxylation is 1. The van der Waals surface area contributed by atoms with Crippen LogP contribution in [0, 0.1) is 6.92 Å². The summed E-state index contributed by atoms with van der Waals surface area (Å²) in [5, 5.41) is 7.61. The van der Waals surface area contributed by atoms with E-state index in [0.29, 0.717) is 17.8 Å². The largest absolute Gasteiger partial charge is 0.351 e. The predicted octanol–water partition coefficient (Wildman–Crippen LogP) is 7.11. The van der Waals surface area contributed by atoms with Gasteiger partial charge in [-0.3, -0.25) is 9.88 Å². The summed E-state index contributed by atoms with van der Waals surface area (Å²) in [5.41, 5.74) is 4.11. The number of nitrogens with one attached hydrogen (secondary N) is 2. The van der Waals surface area contributed by atoms with Crippen LogP contribution in [0.15, 0.2) is 55.0 Å². The number of likely N-dealkylation sites (tertiary alicyclic amines) is 1. The first-order chi connectivity index (χ1) is 20.5. The van der Waals surface area contributed by atoms with E-state index in [9.17, 15) is 0 Å². The number of thiazole rings is 1. The lowest BCUT2D eigenvalue weighted by atomic mass is 9.71. The summed E-state index contributed by atoms with van der Waals surface area (Å²) in [5.74, 6) is 1.38. The molecule has 1 saturated heterocycles. The molecule has 42 heavy (non-hydrogen) atoms. The van der Waals surface area contributed by atoms with Crippen LogP contribution in [0.5, 0.6) is 0 Å². The number of piperidine rings is 1. The average Bonchev–Trinajstić information content (AvgIpc) is 3.48. The van der Waals surface area contributed by atoms with Crippen LogP contribution in [0.25, 0.3) is 10.6 Å². The molecule has 1 aliphatic heterocycles. The van der Waals surface area contributed by atoms with E-state index in [1.165, 1.54) is 37.7 Å². The lowest BCUT2D eigenvalue weighted by Crippen LogP contribution is -2.45. The van der Waals surface area contributed by atoms with Crippen molar-refractivity contribution in [1.82, 2.24) is 29.8 Å². The van der Waals surface area contributed by atoms with Gasteiger partial charge >= 0.3 is 0 Å². The third-order valence-electron chi connectivity index (χ3n) is 8.59. The quantitative estimate of drug-likeness (QED) is 0.196. The van der Waals surface area contributed by atoms with Crippen LogP contribution in [0.3, 0.4) is 0 Å². The van der Waals surface area contributed by atoms with Crippen LogP contribution in [0.4, 0.5) is 16.9 Å². The standard InChI is InChI=1S/C32H38N8S2/c1-22-17-27(38-30(36-22)37-25-11-7-4-8-12-25)28-19-35-31(42-28)39-29-20-33-26(18-34-29)21-40-15-13-32(14-16-40,23(2)41)24-9-5-3-6-10-24/h3,5-6,9-10,17-20,25H,4,7-8,11-16,21H2,1-2H3,(H,34,35,39)(H,36,37,38). The van der Waals surface area contributed by atoms with Gasteiger partial charge < -0.3 is 10.6 Å². The van der Waals surface area contributed by atoms with Gasteiger partial charge in [0.2, 0.25) is 5.95 Å². The van der Waals surface area contributed by atoms with Crippen LogP contribution in [-0.2, 0) is 12.0 Å². The molecule has 0 radical (unpaired) electrons. The van der Waals surface area contributed by atoms with Gasteiger partial charge in [-0.2, -0.15) is 0 Å². The first-order valence-corrected chi connectivity index (χ1v) is 16.1. The molecule has 1 aromatic carbocycles. The lowest BCUT2D eigenvalue weighted by Gasteiger charge is -2.42. The molecule has 2 aliphatic rings. The highest BCUT2D eigenvalue weighted by Crippen LogP contribution is 2.37. The molecule has 0 bridgehead atoms. The third kappa shape index (κ3) is 6.66. The normalized spacial score (nSPS) is 17.6. The summed E-state index contributed by atoms with van der Waals surface area (Å²) >= 11 is 7.31. The fourth-order valence-electron chi connectivity index (χ4n) is 6.17. The molecule has 4 aromatic rings. The van der Waals surface area contributed by atoms with Gasteiger partial charge in [-0.05, 0) is 64.3 Å². The fourth-order valence-corrected chi connectivity index (χ4v) is 7.28. The average molecular weight is 599 g/mol. The zero-order valence-electron chi connectivity index (χ0n) is 24.3. The Balaban J connectivity index is 1.05. The molecule has 8 nitrogen and oxygen atoms in total. The van der Waals surface area contributed by atoms with Gasteiger partial charge in [-0.25, -0.2) is 19.9 Å². The molecule has 3 aromatic heterocycles. The number of benzene rings is 1. The van der Waals surface area contributed by atoms with Crippen molar-refractivity contribution in [3.63, 3.8) is 0 Å². The second-order valence-electron chi connectivity index (χ2n) is 11.5. The molecule has 2 fully saturated rings. The number of nitrogens with zero attached hydrogens (tertiary/aromatic N) is 6. The molecule has 6 rings (SSSR count). The highest BCUT2D eigenvalue weighted by Gasteiger charge is 2.37. The number of hydrogen-bond acceptors (Lipinski definition) is 10. The van der Waals surface area contributed by atoms with Crippen molar-refractivity contribution in [1.29, 1.82) is 0 Å². The van der Waals surface area contributed by atoms with E-state index in [1.807, 2.05) is 25.4 Å². The number of rotatable bonds is 9. The van der Waals surface area contributed by atoms with Crippen LogP contribution < -0.4 is 10.6 Å². The minimum Gasteiger partial charge on any atom is -0.351 e. The zero-order chi connectivity index (χ0) is 28.9. The predicted molar refractivity (Wildman–Crippen MR) is 175 cm³/mol. The Hall–Kier alpha value is -3.34. The molecule has 0 unspecified atom stereocenters. The summed E-state index contributed by atoms with van der Waals surface area (Å²) < 4.78 is 0. The molecule has 2 N–H and O–H groups in total. The highest BCUT2D eigenvalue weighted by molar-refractivity contribution is 7.80. The van der Waals surface area contributed by atoms with Gasteiger partial charge in [0.1, 0.15) is 0 Å². The van der Waals surface area contributed by atoms with Crippen molar-refractivity contribution in [2.45, 2.75) is 76.8 Å². The first-order valence-electron chi connectivity index (χ1n) is 14.9. The van der Waals surface area contributed by atoms with Crippen LogP contribution >= 0.6 is 23.6 Å². The van der Waals surface area contributed by atoms with Crippen molar-refractivity contribution in [2.75, 3.05) is 23.7 Å². The first kappa shape index (κ1) is 28.8. The Labute approximate surface area is 257 Å². The molecule has 0 spiro atoms. The smallest absolute Gasteiger partial charge is 0.223 e. The maximum Gasteiger partial charge on any atom is 0.223 e. The summed E-state index contributed by atoms with van der Waals surface area (Å²) in [6, 6.07) is 13.2. The Morgan fingerprint density at radius 1 is 1.00 bits per heavy atom. The van der Waals surface area contributed by atoms with E-state index >= 15 is 0 Å². The van der Waals surface area contributed by atoms with Crippen molar-refractivity contribution in [2.24, 2.45) is 0 Å². The van der Waals surface area contributed by atoms with Crippen molar-refractivity contribution >= 4 is 45.3 Å². The van der Waals surface area contributed by atoms with E-state index in [4.69, 9.17) is 22.2 Å². The lowest BCUT2D eigenvalue weighted by molar-refractivity contribution is 0.183. The van der Waals surface area contributed by atoms with Crippen molar-refractivity contribution in [3.8, 4) is 10.6 Å². The summed E-state index contributed by atoms with van der Waals surface area (Å²) in [7, 11) is 0. The van der Waals surface area contributed by atoms with Gasteiger partial charge in [-0.15, -0.1) is 0 Å². The molecule has 218 valence electrons. The maximum absolute atomic E-state index is 5.76. The molecule has 1 saturated carbocycles. The monoisotopic (exact) mass is 598 g/mol. The molecular formula is C32H38N8S2. The Bertz CT molecular complexity index is 1490. The molecule has 0 atom stereocenters. The number of aromatic nitrogens is 5. The van der Waals surface area contributed by atoms with Gasteiger partial charge in [0.25, 0.3) is 0 Å². The van der Waals surface area contributed by atoms with Crippen molar-refractivity contribution in [3.05, 3.63) is 71.9 Å². The maximum atomic E-state index is 5.76. The summed E-state index contributed by atoms with van der Waals surface area (Å²) in [6.45, 7) is 6.85. The summed E-state index contributed by atoms with van der Waals surface area (Å²) in [4.78, 5) is 27.8. The van der Waals surface area contributed by atoms with Crippen LogP contribution in [-0.4, -0.2) is 53.8 Å². The van der Waals surface area contributed by atoms with E-state index in [0.717, 1.165) is 64.4 Å². The Kier molecular flexibility index (Phi) is 8.83. The number of thiocarbonyl (C=S) groups is 1. The second kappa shape index (κ2) is 12.9. The van der Waals surface area contributed by atoms with Crippen LogP contribution in [0.1, 0.15) is 68.8 Å². The summed E-state index contributed by atoms with van der Waals surface area (Å²) in [6.07, 6.45) is 13.8. The SMILES string of the molecule is CC(=S)C1(c2ccccc2)CCN(Cc2cnc(Nc3ncc(-c4cc(C)nc(NC5CCCCC5)n4)s3)cn2)CC1. The van der Waals surface area contributed by atoms with E-state index in [2.05, 4.69) is 67.7 Å². The van der Waals surface area contributed by atoms with Crippen molar-refractivity contribution < 1.29 is 0 Å². The van der Waals surface area contributed by atoms with Gasteiger partial charge in [0.05, 0.1) is 28.7 Å². The highest BCUT2D eigenvalue weighted by atomic mass is 32.1. The second-order valence-corrected chi connectivity index (χ2v) is 13.2. The Morgan fingerprint density at radius 2 is 1.79 bits per heavy atom. The van der Waals surface area contributed by atoms with E-state index in [-0.39, 0.29) is 5.41 Å². The fraction of sp³-hybridized carbons (Fsp3) is 0.438. The zero-order valence-corrected chi connectivity index (χ0v) is 26.0. The van der Waals surface area contributed by atoms with Gasteiger partial charge in [-0.1, -0.05) is 73.1 Å². The number of anilines is 3. The molecule has 4 heterocycles. The molecule has 0 amide bonds. The minimum absolute atomic E-state index is 0.0168. The van der Waals surface area contributed by atoms with Crippen LogP contribution in [0.2, 0.25) is 0 Å². The molecular weight excluding hydrogens is 561 g/mol. The topological polar surface area (TPSA) is 91.8 Å². The van der Waals surface area contributed by atoms with E-state index in [1.54, 1.807) is 17.5 Å². The molecule has 10 heteroatoms. The third-order valence-corrected chi connectivity index (χ3v) is 9.91. The van der Waals surface area contributed by atoms with E-state index < -0.39 is 0 Å².